The van der Waals surface area contributed by atoms with Gasteiger partial charge < -0.3 is 14.2 Å². The minimum absolute atomic E-state index is 0.0675. The van der Waals surface area contributed by atoms with Crippen molar-refractivity contribution in [1.82, 2.24) is 0 Å². The predicted molar refractivity (Wildman–Crippen MR) is 141 cm³/mol. The van der Waals surface area contributed by atoms with Crippen LogP contribution in [0.2, 0.25) is 0 Å². The minimum atomic E-state index is -0.330. The van der Waals surface area contributed by atoms with Crippen molar-refractivity contribution >= 4 is 39.6 Å². The number of ether oxygens (including phenoxy) is 3. The van der Waals surface area contributed by atoms with Crippen LogP contribution in [0.3, 0.4) is 0 Å². The van der Waals surface area contributed by atoms with Gasteiger partial charge in [0.25, 0.3) is 0 Å². The number of fused-ring (bicyclic) bond motifs is 5. The Morgan fingerprint density at radius 3 is 2.30 bits per heavy atom. The molecule has 4 aliphatic carbocycles. The van der Waals surface area contributed by atoms with Crippen LogP contribution in [-0.4, -0.2) is 47.8 Å². The van der Waals surface area contributed by atoms with Gasteiger partial charge in [0, 0.05) is 31.6 Å². The van der Waals surface area contributed by atoms with Gasteiger partial charge in [-0.1, -0.05) is 36.7 Å². The molecular formula is C29H43BrO7. The van der Waals surface area contributed by atoms with E-state index in [1.807, 2.05) is 0 Å². The third kappa shape index (κ3) is 4.89. The summed E-state index contributed by atoms with van der Waals surface area (Å²) < 4.78 is 16.6. The Bertz CT molecular complexity index is 935. The first kappa shape index (κ1) is 28.6. The number of hydrogen-bond donors (Lipinski definition) is 0. The molecule has 0 aliphatic heterocycles. The highest BCUT2D eigenvalue weighted by Gasteiger charge is 2.68. The van der Waals surface area contributed by atoms with Crippen molar-refractivity contribution in [2.24, 2.45) is 46.3 Å². The molecule has 7 nitrogen and oxygen atoms in total. The van der Waals surface area contributed by atoms with Gasteiger partial charge in [0.1, 0.15) is 18.0 Å². The van der Waals surface area contributed by atoms with Crippen LogP contribution in [0, 0.1) is 46.3 Å². The van der Waals surface area contributed by atoms with Crippen LogP contribution >= 0.6 is 15.9 Å². The van der Waals surface area contributed by atoms with E-state index in [4.69, 9.17) is 14.2 Å². The lowest BCUT2D eigenvalue weighted by Gasteiger charge is -2.63. The van der Waals surface area contributed by atoms with Crippen LogP contribution in [0.1, 0.15) is 86.0 Å². The number of carbonyl (C=O) groups excluding carboxylic acids is 4. The van der Waals surface area contributed by atoms with Crippen molar-refractivity contribution in [3.05, 3.63) is 0 Å². The van der Waals surface area contributed by atoms with Crippen molar-refractivity contribution in [3.8, 4) is 0 Å². The molecule has 0 aromatic carbocycles. The van der Waals surface area contributed by atoms with Crippen molar-refractivity contribution in [3.63, 3.8) is 0 Å². The van der Waals surface area contributed by atoms with E-state index in [0.717, 1.165) is 25.7 Å². The van der Waals surface area contributed by atoms with Gasteiger partial charge in [0.2, 0.25) is 0 Å². The SMILES string of the molecule is COC(=O)CCC(C)C1CCC2C3C(=O)C(Br)C4CC(OC(C)=O)CCC4(C)C3CC(OC(C)=O)C12C. The lowest BCUT2D eigenvalue weighted by atomic mass is 9.43. The van der Waals surface area contributed by atoms with Gasteiger partial charge >= 0.3 is 17.9 Å². The second-order valence-electron chi connectivity index (χ2n) is 12.6. The molecule has 4 saturated carbocycles. The maximum Gasteiger partial charge on any atom is 0.305 e. The summed E-state index contributed by atoms with van der Waals surface area (Å²) in [5.41, 5.74) is -0.444. The smallest absolute Gasteiger partial charge is 0.305 e. The maximum absolute atomic E-state index is 14.1. The van der Waals surface area contributed by atoms with Crippen LogP contribution < -0.4 is 0 Å². The molecular weight excluding hydrogens is 540 g/mol. The van der Waals surface area contributed by atoms with Gasteiger partial charge in [-0.15, -0.1) is 0 Å². The van der Waals surface area contributed by atoms with Gasteiger partial charge in [-0.2, -0.15) is 0 Å². The molecule has 4 rings (SSSR count). The molecule has 0 aromatic rings. The zero-order chi connectivity index (χ0) is 27.3. The van der Waals surface area contributed by atoms with E-state index < -0.39 is 0 Å². The Hall–Kier alpha value is -1.44. The summed E-state index contributed by atoms with van der Waals surface area (Å²) in [4.78, 5) is 49.7. The lowest BCUT2D eigenvalue weighted by molar-refractivity contribution is -0.196. The number of Topliss-reactive ketones (excluding diaryl/α,β-unsaturated/α-hetero) is 1. The van der Waals surface area contributed by atoms with E-state index in [1.54, 1.807) is 0 Å². The highest BCUT2D eigenvalue weighted by atomic mass is 79.9. The van der Waals surface area contributed by atoms with Gasteiger partial charge in [-0.3, -0.25) is 19.2 Å². The summed E-state index contributed by atoms with van der Waals surface area (Å²) in [6, 6.07) is 0. The van der Waals surface area contributed by atoms with Crippen LogP contribution in [0.15, 0.2) is 0 Å². The second kappa shape index (κ2) is 10.6. The van der Waals surface area contributed by atoms with E-state index in [2.05, 4.69) is 36.7 Å². The van der Waals surface area contributed by atoms with Crippen molar-refractivity contribution < 1.29 is 33.4 Å². The number of carbonyl (C=O) groups is 4. The number of esters is 3. The Kier molecular flexibility index (Phi) is 8.19. The fraction of sp³-hybridized carbons (Fsp3) is 0.862. The highest BCUT2D eigenvalue weighted by molar-refractivity contribution is 9.10. The molecule has 0 amide bonds. The highest BCUT2D eigenvalue weighted by Crippen LogP contribution is 2.68. The largest absolute Gasteiger partial charge is 0.469 e. The van der Waals surface area contributed by atoms with Gasteiger partial charge in [0.05, 0.1) is 11.9 Å². The van der Waals surface area contributed by atoms with Crippen LogP contribution in [0.4, 0.5) is 0 Å². The van der Waals surface area contributed by atoms with E-state index >= 15 is 0 Å². The summed E-state index contributed by atoms with van der Waals surface area (Å²) in [6.45, 7) is 9.64. The first-order chi connectivity index (χ1) is 17.3. The number of ketones is 1. The van der Waals surface area contributed by atoms with E-state index in [9.17, 15) is 19.2 Å². The molecule has 0 aromatic heterocycles. The van der Waals surface area contributed by atoms with Gasteiger partial charge in [0.15, 0.2) is 0 Å². The number of hydrogen-bond acceptors (Lipinski definition) is 7. The molecule has 0 radical (unpaired) electrons. The molecule has 208 valence electrons. The molecule has 4 fully saturated rings. The molecule has 0 bridgehead atoms. The maximum atomic E-state index is 14.1. The molecule has 37 heavy (non-hydrogen) atoms. The lowest BCUT2D eigenvalue weighted by Crippen LogP contribution is -2.64. The normalized spacial score (nSPS) is 43.6. The van der Waals surface area contributed by atoms with E-state index in [1.165, 1.54) is 21.0 Å². The molecule has 11 unspecified atom stereocenters. The zero-order valence-electron chi connectivity index (χ0n) is 23.1. The average Bonchev–Trinajstić information content (AvgIpc) is 3.19. The Labute approximate surface area is 229 Å². The number of halogens is 1. The Morgan fingerprint density at radius 2 is 1.68 bits per heavy atom. The Morgan fingerprint density at radius 1 is 1.00 bits per heavy atom. The zero-order valence-corrected chi connectivity index (χ0v) is 24.7. The van der Waals surface area contributed by atoms with E-state index in [0.29, 0.717) is 25.7 Å². The minimum Gasteiger partial charge on any atom is -0.469 e. The van der Waals surface area contributed by atoms with Crippen LogP contribution in [0.25, 0.3) is 0 Å². The molecule has 0 N–H and O–H groups in total. The molecule has 8 heteroatoms. The first-order valence-corrected chi connectivity index (χ1v) is 14.8. The summed E-state index contributed by atoms with van der Waals surface area (Å²) >= 11 is 3.82. The monoisotopic (exact) mass is 582 g/mol. The van der Waals surface area contributed by atoms with Crippen LogP contribution in [0.5, 0.6) is 0 Å². The molecule has 0 heterocycles. The third-order valence-electron chi connectivity index (χ3n) is 10.9. The molecule has 11 atom stereocenters. The summed E-state index contributed by atoms with van der Waals surface area (Å²) in [7, 11) is 1.41. The fourth-order valence-corrected chi connectivity index (χ4v) is 10.3. The fourth-order valence-electron chi connectivity index (χ4n) is 9.18. The van der Waals surface area contributed by atoms with Crippen molar-refractivity contribution in [2.45, 2.75) is 103 Å². The topological polar surface area (TPSA) is 96.0 Å². The van der Waals surface area contributed by atoms with Crippen molar-refractivity contribution in [2.75, 3.05) is 7.11 Å². The molecule has 0 spiro atoms. The molecule has 4 aliphatic rings. The van der Waals surface area contributed by atoms with Crippen LogP contribution in [-0.2, 0) is 33.4 Å². The standard InChI is InChI=1S/C29H43BrO7/c1-15(7-10-24(33)35-6)19-8-9-20-25-21(14-23(29(19,20)5)37-17(3)32)28(4)12-11-18(36-16(2)31)13-22(28)26(30)27(25)34/h15,18-23,25-26H,7-14H2,1-6H3. The van der Waals surface area contributed by atoms with Crippen molar-refractivity contribution in [1.29, 1.82) is 0 Å². The van der Waals surface area contributed by atoms with E-state index in [-0.39, 0.29) is 87.1 Å². The Balaban J connectivity index is 1.67. The summed E-state index contributed by atoms with van der Waals surface area (Å²) in [5.74, 6) is 0.197. The third-order valence-corrected chi connectivity index (χ3v) is 12.0. The predicted octanol–water partition coefficient (Wildman–Crippen LogP) is 5.26. The first-order valence-electron chi connectivity index (χ1n) is 13.9. The summed E-state index contributed by atoms with van der Waals surface area (Å²) in [6.07, 6.45) is 5.54. The number of alkyl halides is 1. The van der Waals surface area contributed by atoms with Gasteiger partial charge in [-0.05, 0) is 80.0 Å². The average molecular weight is 584 g/mol. The number of rotatable bonds is 6. The quantitative estimate of drug-likeness (QED) is 0.239. The number of methoxy groups -OCH3 is 1. The second-order valence-corrected chi connectivity index (χ2v) is 13.6. The molecule has 0 saturated heterocycles. The summed E-state index contributed by atoms with van der Waals surface area (Å²) in [5, 5.41) is 0. The van der Waals surface area contributed by atoms with Gasteiger partial charge in [-0.25, -0.2) is 0 Å².